The molecule has 3 heterocycles. The zero-order chi connectivity index (χ0) is 27.1. The van der Waals surface area contributed by atoms with Crippen molar-refractivity contribution in [2.24, 2.45) is 0 Å². The van der Waals surface area contributed by atoms with Crippen molar-refractivity contribution in [3.05, 3.63) is 23.3 Å². The number of esters is 1. The maximum atomic E-state index is 12.6. The predicted octanol–water partition coefficient (Wildman–Crippen LogP) is 3.84. The molecule has 0 bridgehead atoms. The van der Waals surface area contributed by atoms with Crippen molar-refractivity contribution in [2.75, 3.05) is 47.0 Å². The van der Waals surface area contributed by atoms with Crippen molar-refractivity contribution in [1.82, 2.24) is 9.80 Å². The zero-order valence-electron chi connectivity index (χ0n) is 22.5. The van der Waals surface area contributed by atoms with Gasteiger partial charge >= 0.3 is 12.1 Å². The van der Waals surface area contributed by atoms with Gasteiger partial charge in [0.25, 0.3) is 5.91 Å². The van der Waals surface area contributed by atoms with E-state index in [1.807, 2.05) is 6.07 Å². The molecular weight excluding hydrogens is 492 g/mol. The number of rotatable bonds is 14. The molecule has 1 aromatic rings. The smallest absolute Gasteiger partial charge is 0.417 e. The van der Waals surface area contributed by atoms with Crippen LogP contribution >= 0.6 is 0 Å². The summed E-state index contributed by atoms with van der Waals surface area (Å²) in [6.07, 6.45) is 8.81. The molecule has 210 valence electrons. The third-order valence-corrected chi connectivity index (χ3v) is 7.93. The van der Waals surface area contributed by atoms with Gasteiger partial charge in [-0.2, -0.15) is 0 Å². The van der Waals surface area contributed by atoms with Crippen molar-refractivity contribution in [3.8, 4) is 11.5 Å². The van der Waals surface area contributed by atoms with Gasteiger partial charge in [0, 0.05) is 37.6 Å². The number of cyclic esters (lactones) is 1. The van der Waals surface area contributed by atoms with Crippen molar-refractivity contribution >= 4 is 18.0 Å². The van der Waals surface area contributed by atoms with Gasteiger partial charge in [0.1, 0.15) is 23.2 Å². The molecule has 3 aliphatic rings. The molecule has 0 aromatic heterocycles. The van der Waals surface area contributed by atoms with Gasteiger partial charge in [0.2, 0.25) is 0 Å². The Morgan fingerprint density at radius 2 is 1.63 bits per heavy atom. The molecule has 0 aliphatic carbocycles. The Bertz CT molecular complexity index is 1000. The molecule has 10 heteroatoms. The van der Waals surface area contributed by atoms with E-state index in [0.717, 1.165) is 68.6 Å². The van der Waals surface area contributed by atoms with Crippen LogP contribution in [-0.2, 0) is 14.3 Å². The van der Waals surface area contributed by atoms with Crippen molar-refractivity contribution in [3.63, 3.8) is 0 Å². The number of fused-ring (bicyclic) bond motifs is 1. The van der Waals surface area contributed by atoms with E-state index >= 15 is 0 Å². The topological polar surface area (TPSA) is 115 Å². The minimum Gasteiger partial charge on any atom is -0.497 e. The van der Waals surface area contributed by atoms with E-state index in [9.17, 15) is 14.4 Å². The monoisotopic (exact) mass is 532 g/mol. The molecule has 2 saturated heterocycles. The number of methoxy groups -OCH3 is 2. The Hall–Kier alpha value is -2.85. The summed E-state index contributed by atoms with van der Waals surface area (Å²) in [5.74, 6) is 0.531. The third-order valence-electron chi connectivity index (χ3n) is 7.93. The molecule has 4 rings (SSSR count). The molecule has 0 saturated carbocycles. The molecule has 0 radical (unpaired) electrons. The Kier molecular flexibility index (Phi) is 9.49. The number of nitrogens with zero attached hydrogens (tertiary/aromatic N) is 2. The van der Waals surface area contributed by atoms with Crippen LogP contribution in [0.3, 0.4) is 0 Å². The molecule has 2 amide bonds. The number of ether oxygens (including phenoxy) is 4. The van der Waals surface area contributed by atoms with E-state index in [-0.39, 0.29) is 31.1 Å². The standard InChI is InChI=1S/C28H40N2O8/c1-35-20-18-21-22(37-25(32)24(21)23(19-20)36-2)10-8-6-4-3-5-7-9-13-29-14-11-28(12-15-29)26(33)30(16-17-31)27(34)38-28/h18-19,22,31H,3-17H2,1-2H3/t22-/m1/s1. The summed E-state index contributed by atoms with van der Waals surface area (Å²) in [4.78, 5) is 40.3. The van der Waals surface area contributed by atoms with Crippen LogP contribution in [-0.4, -0.2) is 85.5 Å². The number of benzene rings is 1. The van der Waals surface area contributed by atoms with Gasteiger partial charge in [-0.15, -0.1) is 0 Å². The van der Waals surface area contributed by atoms with Crippen LogP contribution in [0.25, 0.3) is 0 Å². The number of carbonyl (C=O) groups excluding carboxylic acids is 3. The largest absolute Gasteiger partial charge is 0.497 e. The van der Waals surface area contributed by atoms with E-state index in [4.69, 9.17) is 24.1 Å². The van der Waals surface area contributed by atoms with Gasteiger partial charge in [-0.3, -0.25) is 4.79 Å². The highest BCUT2D eigenvalue weighted by Gasteiger charge is 2.54. The van der Waals surface area contributed by atoms with Crippen molar-refractivity contribution in [2.45, 2.75) is 75.9 Å². The van der Waals surface area contributed by atoms with Crippen LogP contribution in [0.2, 0.25) is 0 Å². The first kappa shape index (κ1) is 28.2. The number of hydrogen-bond acceptors (Lipinski definition) is 9. The normalized spacial score (nSPS) is 20.6. The Morgan fingerprint density at radius 1 is 0.947 bits per heavy atom. The van der Waals surface area contributed by atoms with E-state index in [2.05, 4.69) is 4.90 Å². The summed E-state index contributed by atoms with van der Waals surface area (Å²) < 4.78 is 21.8. The number of likely N-dealkylation sites (tertiary alicyclic amines) is 1. The van der Waals surface area contributed by atoms with E-state index in [1.165, 1.54) is 12.8 Å². The molecule has 2 fully saturated rings. The number of piperidine rings is 1. The molecule has 1 spiro atoms. The first-order chi connectivity index (χ1) is 18.4. The summed E-state index contributed by atoms with van der Waals surface area (Å²) >= 11 is 0. The number of β-amino-alcohol motifs (C(OH)–C–C–N with tert-alkyl or cyclic N) is 1. The summed E-state index contributed by atoms with van der Waals surface area (Å²) in [7, 11) is 3.14. The highest BCUT2D eigenvalue weighted by Crippen LogP contribution is 2.42. The highest BCUT2D eigenvalue weighted by atomic mass is 16.6. The lowest BCUT2D eigenvalue weighted by Gasteiger charge is -2.36. The number of carbonyl (C=O) groups is 3. The van der Waals surface area contributed by atoms with Crippen LogP contribution in [0.15, 0.2) is 12.1 Å². The maximum absolute atomic E-state index is 12.6. The number of unbranched alkanes of at least 4 members (excludes halogenated alkanes) is 6. The van der Waals surface area contributed by atoms with Crippen molar-refractivity contribution in [1.29, 1.82) is 0 Å². The van der Waals surface area contributed by atoms with E-state index in [0.29, 0.717) is 29.9 Å². The minimum atomic E-state index is -1.03. The van der Waals surface area contributed by atoms with Crippen LogP contribution < -0.4 is 9.47 Å². The predicted molar refractivity (Wildman–Crippen MR) is 138 cm³/mol. The summed E-state index contributed by atoms with van der Waals surface area (Å²) in [6, 6.07) is 3.59. The van der Waals surface area contributed by atoms with Gasteiger partial charge < -0.3 is 29.0 Å². The van der Waals surface area contributed by atoms with Gasteiger partial charge in [-0.1, -0.05) is 32.1 Å². The molecule has 1 atom stereocenters. The fourth-order valence-corrected chi connectivity index (χ4v) is 5.72. The fraction of sp³-hybridized carbons (Fsp3) is 0.679. The van der Waals surface area contributed by atoms with Crippen LogP contribution in [0.5, 0.6) is 11.5 Å². The van der Waals surface area contributed by atoms with Crippen molar-refractivity contribution < 1.29 is 38.4 Å². The zero-order valence-corrected chi connectivity index (χ0v) is 22.5. The lowest BCUT2D eigenvalue weighted by atomic mass is 9.90. The summed E-state index contributed by atoms with van der Waals surface area (Å²) in [5, 5.41) is 9.08. The Morgan fingerprint density at radius 3 is 2.29 bits per heavy atom. The van der Waals surface area contributed by atoms with Gasteiger partial charge in [-0.25, -0.2) is 14.5 Å². The Balaban J connectivity index is 1.07. The second-order valence-corrected chi connectivity index (χ2v) is 10.3. The quantitative estimate of drug-likeness (QED) is 0.282. The molecule has 3 aliphatic heterocycles. The van der Waals surface area contributed by atoms with Gasteiger partial charge in [0.15, 0.2) is 5.60 Å². The third kappa shape index (κ3) is 6.07. The average molecular weight is 533 g/mol. The van der Waals surface area contributed by atoms with Crippen LogP contribution in [0.4, 0.5) is 4.79 Å². The number of imide groups is 1. The maximum Gasteiger partial charge on any atom is 0.417 e. The molecule has 1 N–H and O–H groups in total. The number of aliphatic hydroxyl groups is 1. The first-order valence-electron chi connectivity index (χ1n) is 13.8. The lowest BCUT2D eigenvalue weighted by Crippen LogP contribution is -2.50. The average Bonchev–Trinajstić information content (AvgIpc) is 3.36. The number of amides is 2. The lowest BCUT2D eigenvalue weighted by molar-refractivity contribution is -0.140. The first-order valence-corrected chi connectivity index (χ1v) is 13.8. The number of aliphatic hydroxyl groups excluding tert-OH is 1. The Labute approximate surface area is 224 Å². The minimum absolute atomic E-state index is 0.00439. The van der Waals surface area contributed by atoms with Gasteiger partial charge in [-0.05, 0) is 31.9 Å². The molecule has 0 unspecified atom stereocenters. The SMILES string of the molecule is COc1cc(OC)c2c(c1)[C@@H](CCCCCCCCCN1CCC3(CC1)OC(=O)N(CCO)C3=O)OC2=O. The van der Waals surface area contributed by atoms with E-state index < -0.39 is 11.7 Å². The second-order valence-electron chi connectivity index (χ2n) is 10.3. The molecular formula is C28H40N2O8. The second kappa shape index (κ2) is 12.8. The van der Waals surface area contributed by atoms with Gasteiger partial charge in [0.05, 0.1) is 27.4 Å². The number of hydrogen-bond donors (Lipinski definition) is 1. The summed E-state index contributed by atoms with van der Waals surface area (Å²) in [6.45, 7) is 2.20. The molecule has 10 nitrogen and oxygen atoms in total. The van der Waals surface area contributed by atoms with Crippen LogP contribution in [0.1, 0.15) is 86.2 Å². The van der Waals surface area contributed by atoms with E-state index in [1.54, 1.807) is 20.3 Å². The molecule has 38 heavy (non-hydrogen) atoms. The van der Waals surface area contributed by atoms with Crippen LogP contribution in [0, 0.1) is 0 Å². The molecule has 1 aromatic carbocycles. The summed E-state index contributed by atoms with van der Waals surface area (Å²) in [5.41, 5.74) is 0.342. The fourth-order valence-electron chi connectivity index (χ4n) is 5.72. The highest BCUT2D eigenvalue weighted by molar-refractivity contribution is 6.03.